The standard InChI is InChI=1S/C12H12ClN3O3/c13-10-8-9(4-5-11(10)16(18)19)12(17)15-7-3-1-2-6-14/h4-5,8H,1-3,7H2,(H,15,17). The summed E-state index contributed by atoms with van der Waals surface area (Å²) in [5.74, 6) is -0.339. The maximum Gasteiger partial charge on any atom is 0.287 e. The molecule has 1 aromatic carbocycles. The largest absolute Gasteiger partial charge is 0.352 e. The monoisotopic (exact) mass is 281 g/mol. The second-order valence-corrected chi connectivity index (χ2v) is 4.20. The van der Waals surface area contributed by atoms with Crippen molar-refractivity contribution in [3.8, 4) is 6.07 Å². The van der Waals surface area contributed by atoms with Gasteiger partial charge in [-0.2, -0.15) is 5.26 Å². The Morgan fingerprint density at radius 2 is 2.21 bits per heavy atom. The van der Waals surface area contributed by atoms with Crippen LogP contribution in [0.2, 0.25) is 5.02 Å². The first kappa shape index (κ1) is 14.9. The lowest BCUT2D eigenvalue weighted by atomic mass is 10.2. The van der Waals surface area contributed by atoms with Gasteiger partial charge in [-0.05, 0) is 25.0 Å². The number of unbranched alkanes of at least 4 members (excludes halogenated alkanes) is 2. The third-order valence-electron chi connectivity index (χ3n) is 2.41. The van der Waals surface area contributed by atoms with Gasteiger partial charge in [-0.15, -0.1) is 0 Å². The summed E-state index contributed by atoms with van der Waals surface area (Å²) in [6, 6.07) is 5.84. The summed E-state index contributed by atoms with van der Waals surface area (Å²) in [5, 5.41) is 21.5. The van der Waals surface area contributed by atoms with E-state index in [4.69, 9.17) is 16.9 Å². The Hall–Kier alpha value is -2.13. The van der Waals surface area contributed by atoms with Crippen LogP contribution in [-0.2, 0) is 0 Å². The van der Waals surface area contributed by atoms with E-state index >= 15 is 0 Å². The molecule has 0 unspecified atom stereocenters. The summed E-state index contributed by atoms with van der Waals surface area (Å²) in [5.41, 5.74) is 0.0446. The van der Waals surface area contributed by atoms with E-state index in [1.807, 2.05) is 6.07 Å². The predicted octanol–water partition coefficient (Wildman–Crippen LogP) is 2.67. The fourth-order valence-electron chi connectivity index (χ4n) is 1.43. The smallest absolute Gasteiger partial charge is 0.287 e. The highest BCUT2D eigenvalue weighted by Gasteiger charge is 2.14. The summed E-state index contributed by atoms with van der Waals surface area (Å²) in [6.07, 6.45) is 1.89. The molecule has 1 amide bonds. The molecule has 0 aromatic heterocycles. The van der Waals surface area contributed by atoms with Gasteiger partial charge in [0.05, 0.1) is 11.0 Å². The zero-order chi connectivity index (χ0) is 14.3. The van der Waals surface area contributed by atoms with E-state index in [1.165, 1.54) is 18.2 Å². The molecule has 100 valence electrons. The van der Waals surface area contributed by atoms with Crippen molar-refractivity contribution in [1.82, 2.24) is 5.32 Å². The Morgan fingerprint density at radius 1 is 1.47 bits per heavy atom. The van der Waals surface area contributed by atoms with Gasteiger partial charge in [-0.25, -0.2) is 0 Å². The molecule has 0 radical (unpaired) electrons. The second-order valence-electron chi connectivity index (χ2n) is 3.79. The Labute approximate surface area is 115 Å². The van der Waals surface area contributed by atoms with Crippen LogP contribution in [0.15, 0.2) is 18.2 Å². The summed E-state index contributed by atoms with van der Waals surface area (Å²) in [4.78, 5) is 21.7. The molecule has 0 atom stereocenters. The van der Waals surface area contributed by atoms with Crippen LogP contribution in [-0.4, -0.2) is 17.4 Å². The number of nitro benzene ring substituents is 1. The first-order valence-electron chi connectivity index (χ1n) is 5.65. The van der Waals surface area contributed by atoms with Crippen LogP contribution >= 0.6 is 11.6 Å². The molecule has 6 nitrogen and oxygen atoms in total. The van der Waals surface area contributed by atoms with E-state index in [2.05, 4.69) is 5.32 Å². The maximum atomic E-state index is 11.7. The minimum absolute atomic E-state index is 0.0675. The molecule has 0 spiro atoms. The number of hydrogen-bond acceptors (Lipinski definition) is 4. The van der Waals surface area contributed by atoms with E-state index in [-0.39, 0.29) is 22.2 Å². The minimum Gasteiger partial charge on any atom is -0.352 e. The molecular formula is C12H12ClN3O3. The number of nitrogens with one attached hydrogen (secondary N) is 1. The van der Waals surface area contributed by atoms with Crippen LogP contribution in [0.25, 0.3) is 0 Å². The van der Waals surface area contributed by atoms with Crippen LogP contribution in [0.4, 0.5) is 5.69 Å². The number of nitrogens with zero attached hydrogens (tertiary/aromatic N) is 2. The molecule has 0 fully saturated rings. The Bertz CT molecular complexity index is 525. The first-order valence-corrected chi connectivity index (χ1v) is 6.03. The fraction of sp³-hybridized carbons (Fsp3) is 0.333. The molecular weight excluding hydrogens is 270 g/mol. The minimum atomic E-state index is -0.605. The molecule has 1 aromatic rings. The SMILES string of the molecule is N#CCCCCNC(=O)c1ccc([N+](=O)[O-])c(Cl)c1. The molecule has 0 saturated carbocycles. The summed E-state index contributed by atoms with van der Waals surface area (Å²) < 4.78 is 0. The number of nitro groups is 1. The van der Waals surface area contributed by atoms with E-state index in [1.54, 1.807) is 0 Å². The average Bonchev–Trinajstić information content (AvgIpc) is 2.37. The Morgan fingerprint density at radius 3 is 2.79 bits per heavy atom. The average molecular weight is 282 g/mol. The van der Waals surface area contributed by atoms with E-state index in [9.17, 15) is 14.9 Å². The van der Waals surface area contributed by atoms with Gasteiger partial charge in [-0.1, -0.05) is 11.6 Å². The lowest BCUT2D eigenvalue weighted by Gasteiger charge is -2.05. The van der Waals surface area contributed by atoms with Crippen LogP contribution in [0, 0.1) is 21.4 Å². The van der Waals surface area contributed by atoms with Gasteiger partial charge in [0.15, 0.2) is 0 Å². The highest BCUT2D eigenvalue weighted by molar-refractivity contribution is 6.33. The topological polar surface area (TPSA) is 96.0 Å². The molecule has 7 heteroatoms. The van der Waals surface area contributed by atoms with E-state index < -0.39 is 4.92 Å². The Balaban J connectivity index is 2.56. The van der Waals surface area contributed by atoms with Gasteiger partial charge in [0, 0.05) is 24.6 Å². The highest BCUT2D eigenvalue weighted by atomic mass is 35.5. The molecule has 0 heterocycles. The quantitative estimate of drug-likeness (QED) is 0.492. The van der Waals surface area contributed by atoms with Crippen molar-refractivity contribution < 1.29 is 9.72 Å². The van der Waals surface area contributed by atoms with E-state index in [0.29, 0.717) is 19.4 Å². The van der Waals surface area contributed by atoms with Crippen molar-refractivity contribution in [2.75, 3.05) is 6.54 Å². The van der Waals surface area contributed by atoms with Crippen molar-refractivity contribution in [3.63, 3.8) is 0 Å². The zero-order valence-corrected chi connectivity index (χ0v) is 10.8. The van der Waals surface area contributed by atoms with Crippen molar-refractivity contribution in [3.05, 3.63) is 38.9 Å². The van der Waals surface area contributed by atoms with E-state index in [0.717, 1.165) is 6.42 Å². The van der Waals surface area contributed by atoms with Crippen molar-refractivity contribution in [2.24, 2.45) is 0 Å². The van der Waals surface area contributed by atoms with Crippen LogP contribution < -0.4 is 5.32 Å². The van der Waals surface area contributed by atoms with Gasteiger partial charge < -0.3 is 5.32 Å². The third-order valence-corrected chi connectivity index (χ3v) is 2.71. The maximum absolute atomic E-state index is 11.7. The molecule has 0 aliphatic rings. The normalized spacial score (nSPS) is 9.68. The lowest BCUT2D eigenvalue weighted by molar-refractivity contribution is -0.384. The number of carbonyl (C=O) groups excluding carboxylic acids is 1. The van der Waals surface area contributed by atoms with Crippen LogP contribution in [0.5, 0.6) is 0 Å². The summed E-state index contributed by atoms with van der Waals surface area (Å²) in [7, 11) is 0. The molecule has 1 N–H and O–H groups in total. The fourth-order valence-corrected chi connectivity index (χ4v) is 1.68. The Kier molecular flexibility index (Phi) is 5.76. The number of amides is 1. The number of carbonyl (C=O) groups is 1. The highest BCUT2D eigenvalue weighted by Crippen LogP contribution is 2.24. The van der Waals surface area contributed by atoms with Crippen LogP contribution in [0.1, 0.15) is 29.6 Å². The van der Waals surface area contributed by atoms with Gasteiger partial charge >= 0.3 is 0 Å². The van der Waals surface area contributed by atoms with Crippen LogP contribution in [0.3, 0.4) is 0 Å². The summed E-state index contributed by atoms with van der Waals surface area (Å²) >= 11 is 5.71. The number of benzene rings is 1. The number of rotatable bonds is 6. The summed E-state index contributed by atoms with van der Waals surface area (Å²) in [6.45, 7) is 0.453. The second kappa shape index (κ2) is 7.34. The van der Waals surface area contributed by atoms with Gasteiger partial charge in [0.2, 0.25) is 0 Å². The molecule has 19 heavy (non-hydrogen) atoms. The lowest BCUT2D eigenvalue weighted by Crippen LogP contribution is -2.24. The molecule has 0 saturated heterocycles. The van der Waals surface area contributed by atoms with Crippen molar-refractivity contribution in [1.29, 1.82) is 5.26 Å². The van der Waals surface area contributed by atoms with Gasteiger partial charge in [0.25, 0.3) is 11.6 Å². The molecule has 1 rings (SSSR count). The predicted molar refractivity (Wildman–Crippen MR) is 69.9 cm³/mol. The van der Waals surface area contributed by atoms with Crippen molar-refractivity contribution >= 4 is 23.2 Å². The van der Waals surface area contributed by atoms with Gasteiger partial charge in [0.1, 0.15) is 5.02 Å². The molecule has 0 bridgehead atoms. The first-order chi connectivity index (χ1) is 9.06. The molecule has 0 aliphatic carbocycles. The zero-order valence-electron chi connectivity index (χ0n) is 10.1. The number of hydrogen-bond donors (Lipinski definition) is 1. The number of halogens is 1. The van der Waals surface area contributed by atoms with Gasteiger partial charge in [-0.3, -0.25) is 14.9 Å². The third kappa shape index (κ3) is 4.56. The number of nitriles is 1. The van der Waals surface area contributed by atoms with Crippen molar-refractivity contribution in [2.45, 2.75) is 19.3 Å². The molecule has 0 aliphatic heterocycles.